The summed E-state index contributed by atoms with van der Waals surface area (Å²) in [6, 6.07) is 9.24. The van der Waals surface area contributed by atoms with E-state index in [2.05, 4.69) is 9.97 Å². The Morgan fingerprint density at radius 3 is 2.61 bits per heavy atom. The van der Waals surface area contributed by atoms with E-state index in [9.17, 15) is 9.59 Å². The van der Waals surface area contributed by atoms with Gasteiger partial charge in [-0.1, -0.05) is 41.1 Å². The van der Waals surface area contributed by atoms with Crippen LogP contribution in [0.1, 0.15) is 22.8 Å². The molecule has 1 saturated heterocycles. The van der Waals surface area contributed by atoms with Crippen LogP contribution >= 0.6 is 23.4 Å². The van der Waals surface area contributed by atoms with Crippen molar-refractivity contribution in [2.75, 3.05) is 30.3 Å². The Bertz CT molecular complexity index is 878. The van der Waals surface area contributed by atoms with Crippen molar-refractivity contribution in [3.8, 4) is 0 Å². The summed E-state index contributed by atoms with van der Waals surface area (Å²) in [6.07, 6.45) is 0. The summed E-state index contributed by atoms with van der Waals surface area (Å²) in [5, 5.41) is 9.43. The molecule has 1 amide bonds. The number of aryl methyl sites for hydroxylation is 1. The maximum Gasteiger partial charge on any atom is 0.313 e. The second-order valence-electron chi connectivity index (χ2n) is 6.67. The number of halogens is 1. The molecule has 28 heavy (non-hydrogen) atoms. The van der Waals surface area contributed by atoms with E-state index in [1.54, 1.807) is 6.07 Å². The van der Waals surface area contributed by atoms with Crippen molar-refractivity contribution in [3.63, 3.8) is 0 Å². The smallest absolute Gasteiger partial charge is 0.313 e. The highest BCUT2D eigenvalue weighted by atomic mass is 35.5. The van der Waals surface area contributed by atoms with Crippen LogP contribution < -0.4 is 4.90 Å². The highest BCUT2D eigenvalue weighted by Crippen LogP contribution is 2.24. The number of carbonyl (C=O) groups is 2. The summed E-state index contributed by atoms with van der Waals surface area (Å²) in [7, 11) is 0. The Morgan fingerprint density at radius 2 is 1.96 bits per heavy atom. The highest BCUT2D eigenvalue weighted by Gasteiger charge is 2.29. The Balaban J connectivity index is 1.70. The van der Waals surface area contributed by atoms with Crippen LogP contribution in [-0.4, -0.2) is 63.3 Å². The Labute approximate surface area is 172 Å². The minimum Gasteiger partial charge on any atom is -0.481 e. The fourth-order valence-electron chi connectivity index (χ4n) is 3.07. The molecule has 1 N–H and O–H groups in total. The van der Waals surface area contributed by atoms with E-state index in [1.165, 1.54) is 0 Å². The largest absolute Gasteiger partial charge is 0.481 e. The first-order valence-electron chi connectivity index (χ1n) is 8.85. The van der Waals surface area contributed by atoms with E-state index in [-0.39, 0.29) is 22.9 Å². The van der Waals surface area contributed by atoms with Crippen LogP contribution in [0, 0.1) is 6.92 Å². The predicted molar refractivity (Wildman–Crippen MR) is 109 cm³/mol. The molecule has 0 bridgehead atoms. The van der Waals surface area contributed by atoms with Gasteiger partial charge in [-0.25, -0.2) is 9.97 Å². The van der Waals surface area contributed by atoms with Crippen molar-refractivity contribution in [1.29, 1.82) is 0 Å². The molecule has 7 nitrogen and oxygen atoms in total. The average molecular weight is 421 g/mol. The van der Waals surface area contributed by atoms with E-state index in [0.717, 1.165) is 17.3 Å². The predicted octanol–water partition coefficient (Wildman–Crippen LogP) is 2.97. The fraction of sp³-hybridized carbons (Fsp3) is 0.368. The molecular weight excluding hydrogens is 400 g/mol. The first kappa shape index (κ1) is 20.4. The van der Waals surface area contributed by atoms with Gasteiger partial charge in [0.25, 0.3) is 5.91 Å². The van der Waals surface area contributed by atoms with Crippen LogP contribution in [0.4, 0.5) is 5.82 Å². The number of aliphatic carboxylic acids is 1. The maximum absolute atomic E-state index is 12.8. The summed E-state index contributed by atoms with van der Waals surface area (Å²) in [5.41, 5.74) is 1.80. The number of thioether (sulfide) groups is 1. The van der Waals surface area contributed by atoms with Gasteiger partial charge in [-0.15, -0.1) is 0 Å². The van der Waals surface area contributed by atoms with Crippen molar-refractivity contribution in [2.45, 2.75) is 25.0 Å². The Morgan fingerprint density at radius 1 is 1.25 bits per heavy atom. The lowest BCUT2D eigenvalue weighted by molar-refractivity contribution is -0.133. The molecule has 1 aliphatic heterocycles. The lowest BCUT2D eigenvalue weighted by atomic mass is 10.1. The summed E-state index contributed by atoms with van der Waals surface area (Å²) in [4.78, 5) is 36.0. The van der Waals surface area contributed by atoms with Crippen LogP contribution in [0.5, 0.6) is 0 Å². The van der Waals surface area contributed by atoms with Crippen molar-refractivity contribution in [3.05, 3.63) is 46.6 Å². The Hall–Kier alpha value is -2.32. The third-order valence-corrected chi connectivity index (χ3v) is 5.52. The third-order valence-electron chi connectivity index (χ3n) is 4.50. The average Bonchev–Trinajstić information content (AvgIpc) is 2.66. The molecule has 3 rings (SSSR count). The number of carboxylic acids is 1. The molecule has 1 aromatic heterocycles. The lowest BCUT2D eigenvalue weighted by Crippen LogP contribution is -2.54. The summed E-state index contributed by atoms with van der Waals surface area (Å²) in [5.74, 6) is -0.408. The molecule has 9 heteroatoms. The molecule has 0 spiro atoms. The molecule has 1 atom stereocenters. The molecule has 148 valence electrons. The van der Waals surface area contributed by atoms with Crippen LogP contribution in [-0.2, 0) is 4.79 Å². The van der Waals surface area contributed by atoms with Gasteiger partial charge in [0.2, 0.25) is 0 Å². The van der Waals surface area contributed by atoms with Crippen LogP contribution in [0.2, 0.25) is 5.15 Å². The van der Waals surface area contributed by atoms with Gasteiger partial charge in [-0.05, 0) is 26.0 Å². The Kier molecular flexibility index (Phi) is 6.41. The molecule has 2 aromatic rings. The van der Waals surface area contributed by atoms with E-state index in [4.69, 9.17) is 16.7 Å². The van der Waals surface area contributed by atoms with E-state index < -0.39 is 5.97 Å². The first-order valence-corrected chi connectivity index (χ1v) is 10.2. The van der Waals surface area contributed by atoms with Gasteiger partial charge in [0.15, 0.2) is 5.16 Å². The zero-order valence-corrected chi connectivity index (χ0v) is 17.2. The zero-order chi connectivity index (χ0) is 20.3. The van der Waals surface area contributed by atoms with E-state index >= 15 is 0 Å². The molecule has 1 aromatic carbocycles. The van der Waals surface area contributed by atoms with Gasteiger partial charge in [-0.2, -0.15) is 0 Å². The number of aromatic nitrogens is 2. The number of anilines is 1. The molecule has 1 aliphatic rings. The molecule has 0 aliphatic carbocycles. The second kappa shape index (κ2) is 8.79. The number of piperazine rings is 1. The summed E-state index contributed by atoms with van der Waals surface area (Å²) >= 11 is 7.12. The monoisotopic (exact) mass is 420 g/mol. The van der Waals surface area contributed by atoms with Crippen LogP contribution in [0.15, 0.2) is 35.5 Å². The minimum atomic E-state index is -0.938. The summed E-state index contributed by atoms with van der Waals surface area (Å²) in [6.45, 7) is 5.77. The van der Waals surface area contributed by atoms with Gasteiger partial charge in [0, 0.05) is 37.3 Å². The number of carbonyl (C=O) groups excluding carboxylic acids is 1. The number of nitrogens with zero attached hydrogens (tertiary/aromatic N) is 4. The van der Waals surface area contributed by atoms with Gasteiger partial charge in [-0.3, -0.25) is 9.59 Å². The van der Waals surface area contributed by atoms with Gasteiger partial charge in [0.1, 0.15) is 11.0 Å². The van der Waals surface area contributed by atoms with Crippen molar-refractivity contribution >= 4 is 41.1 Å². The third kappa shape index (κ3) is 4.94. The molecular formula is C19H21ClN4O3S. The SMILES string of the molecule is Cc1ccc(C(=O)N2CCN(c3cc(Cl)nc(SCC(=O)O)n3)CC2C)cc1. The molecule has 2 heterocycles. The summed E-state index contributed by atoms with van der Waals surface area (Å²) < 4.78 is 0. The van der Waals surface area contributed by atoms with Crippen molar-refractivity contribution in [2.24, 2.45) is 0 Å². The topological polar surface area (TPSA) is 86.6 Å². The van der Waals surface area contributed by atoms with E-state index in [1.807, 2.05) is 47.9 Å². The van der Waals surface area contributed by atoms with Gasteiger partial charge < -0.3 is 14.9 Å². The molecule has 1 fully saturated rings. The number of hydrogen-bond donors (Lipinski definition) is 1. The maximum atomic E-state index is 12.8. The molecule has 0 saturated carbocycles. The second-order valence-corrected chi connectivity index (χ2v) is 8.00. The number of rotatable bonds is 5. The van der Waals surface area contributed by atoms with Crippen molar-refractivity contribution < 1.29 is 14.7 Å². The standard InChI is InChI=1S/C19H21ClN4O3S/c1-12-3-5-14(6-4-12)18(27)24-8-7-23(10-13(24)2)16-9-15(20)21-19(22-16)28-11-17(25)26/h3-6,9,13H,7-8,10-11H2,1-2H3,(H,25,26). The minimum absolute atomic E-state index is 0.00795. The van der Waals surface area contributed by atoms with Crippen LogP contribution in [0.25, 0.3) is 0 Å². The van der Waals surface area contributed by atoms with Crippen LogP contribution in [0.3, 0.4) is 0 Å². The lowest BCUT2D eigenvalue weighted by Gasteiger charge is -2.40. The van der Waals surface area contributed by atoms with Gasteiger partial charge >= 0.3 is 5.97 Å². The van der Waals surface area contributed by atoms with Crippen molar-refractivity contribution in [1.82, 2.24) is 14.9 Å². The zero-order valence-electron chi connectivity index (χ0n) is 15.6. The fourth-order valence-corrected chi connectivity index (χ4v) is 3.87. The number of carboxylic acid groups (broad SMARTS) is 1. The number of hydrogen-bond acceptors (Lipinski definition) is 6. The quantitative estimate of drug-likeness (QED) is 0.452. The van der Waals surface area contributed by atoms with E-state index in [0.29, 0.717) is 36.2 Å². The molecule has 1 unspecified atom stereocenters. The molecule has 0 radical (unpaired) electrons. The number of amides is 1. The first-order chi connectivity index (χ1) is 13.3. The normalized spacial score (nSPS) is 16.9. The number of benzene rings is 1. The highest BCUT2D eigenvalue weighted by molar-refractivity contribution is 7.99. The van der Waals surface area contributed by atoms with Gasteiger partial charge in [0.05, 0.1) is 5.75 Å².